The molecule has 1 aliphatic heterocycles. The third-order valence-electron chi connectivity index (χ3n) is 4.10. The minimum atomic E-state index is 0.0318. The van der Waals surface area contributed by atoms with Gasteiger partial charge in [0.25, 0.3) is 5.56 Å². The smallest absolute Gasteiger partial charge is 0.250 e. The van der Waals surface area contributed by atoms with E-state index in [0.717, 1.165) is 26.2 Å². The van der Waals surface area contributed by atoms with Crippen LogP contribution >= 0.6 is 0 Å². The molecule has 0 aliphatic carbocycles. The normalized spacial score (nSPS) is 20.1. The van der Waals surface area contributed by atoms with Gasteiger partial charge in [0, 0.05) is 31.0 Å². The summed E-state index contributed by atoms with van der Waals surface area (Å²) in [5, 5.41) is 0. The van der Waals surface area contributed by atoms with Gasteiger partial charge in [-0.15, -0.1) is 0 Å². The van der Waals surface area contributed by atoms with Gasteiger partial charge in [-0.25, -0.2) is 0 Å². The first-order valence-corrected chi connectivity index (χ1v) is 7.15. The average molecular weight is 263 g/mol. The van der Waals surface area contributed by atoms with Crippen molar-refractivity contribution in [2.45, 2.75) is 39.7 Å². The van der Waals surface area contributed by atoms with Crippen LogP contribution in [0.5, 0.6) is 0 Å². The van der Waals surface area contributed by atoms with Crippen LogP contribution in [0.4, 0.5) is 5.69 Å². The first kappa shape index (κ1) is 14.1. The SMILES string of the molecule is CC1(C)CCCN(CCn2cc(N)ccc2=O)CC1. The Labute approximate surface area is 115 Å². The second-order valence-electron chi connectivity index (χ2n) is 6.35. The van der Waals surface area contributed by atoms with Crippen molar-refractivity contribution in [3.8, 4) is 0 Å². The van der Waals surface area contributed by atoms with E-state index in [4.69, 9.17) is 5.73 Å². The molecular formula is C15H25N3O. The maximum absolute atomic E-state index is 11.7. The van der Waals surface area contributed by atoms with Crippen LogP contribution in [0.3, 0.4) is 0 Å². The Kier molecular flexibility index (Phi) is 4.30. The second kappa shape index (κ2) is 5.78. The lowest BCUT2D eigenvalue weighted by Crippen LogP contribution is -2.32. The zero-order chi connectivity index (χ0) is 13.9. The fraction of sp³-hybridized carbons (Fsp3) is 0.667. The number of rotatable bonds is 3. The second-order valence-corrected chi connectivity index (χ2v) is 6.35. The summed E-state index contributed by atoms with van der Waals surface area (Å²) < 4.78 is 1.71. The van der Waals surface area contributed by atoms with Crippen LogP contribution in [0, 0.1) is 5.41 Å². The molecule has 0 aromatic carbocycles. The van der Waals surface area contributed by atoms with Gasteiger partial charge < -0.3 is 15.2 Å². The summed E-state index contributed by atoms with van der Waals surface area (Å²) >= 11 is 0. The van der Waals surface area contributed by atoms with E-state index in [0.29, 0.717) is 11.1 Å². The van der Waals surface area contributed by atoms with E-state index >= 15 is 0 Å². The number of nitrogens with zero attached hydrogens (tertiary/aromatic N) is 2. The lowest BCUT2D eigenvalue weighted by molar-refractivity contribution is 0.253. The molecule has 0 unspecified atom stereocenters. The molecule has 0 saturated carbocycles. The van der Waals surface area contributed by atoms with Gasteiger partial charge in [-0.05, 0) is 43.8 Å². The Morgan fingerprint density at radius 1 is 1.21 bits per heavy atom. The lowest BCUT2D eigenvalue weighted by Gasteiger charge is -2.23. The van der Waals surface area contributed by atoms with E-state index in [1.54, 1.807) is 22.9 Å². The van der Waals surface area contributed by atoms with Crippen molar-refractivity contribution in [1.82, 2.24) is 9.47 Å². The third kappa shape index (κ3) is 4.10. The molecule has 2 N–H and O–H groups in total. The van der Waals surface area contributed by atoms with Gasteiger partial charge in [-0.1, -0.05) is 13.8 Å². The highest BCUT2D eigenvalue weighted by molar-refractivity contribution is 5.33. The summed E-state index contributed by atoms with van der Waals surface area (Å²) in [5.41, 5.74) is 6.87. The van der Waals surface area contributed by atoms with E-state index in [-0.39, 0.29) is 5.56 Å². The van der Waals surface area contributed by atoms with Crippen molar-refractivity contribution < 1.29 is 0 Å². The van der Waals surface area contributed by atoms with Crippen LogP contribution in [0.1, 0.15) is 33.1 Å². The first-order valence-electron chi connectivity index (χ1n) is 7.15. The van der Waals surface area contributed by atoms with Crippen LogP contribution in [-0.2, 0) is 6.54 Å². The number of hydrogen-bond donors (Lipinski definition) is 1. The molecule has 2 heterocycles. The zero-order valence-electron chi connectivity index (χ0n) is 12.1. The third-order valence-corrected chi connectivity index (χ3v) is 4.10. The van der Waals surface area contributed by atoms with Crippen molar-refractivity contribution in [2.24, 2.45) is 5.41 Å². The largest absolute Gasteiger partial charge is 0.398 e. The standard InChI is InChI=1S/C15H25N3O/c1-15(2)6-3-8-17(9-7-15)10-11-18-12-13(16)4-5-14(18)19/h4-5,12H,3,6-11,16H2,1-2H3. The highest BCUT2D eigenvalue weighted by atomic mass is 16.1. The molecule has 1 aliphatic rings. The van der Waals surface area contributed by atoms with Gasteiger partial charge in [0.2, 0.25) is 0 Å². The Bertz CT molecular complexity index is 479. The molecular weight excluding hydrogens is 238 g/mol. The Balaban J connectivity index is 1.92. The Morgan fingerprint density at radius 2 is 2.00 bits per heavy atom. The fourth-order valence-corrected chi connectivity index (χ4v) is 2.68. The van der Waals surface area contributed by atoms with Crippen molar-refractivity contribution in [3.63, 3.8) is 0 Å². The van der Waals surface area contributed by atoms with E-state index in [1.807, 2.05) is 0 Å². The number of hydrogen-bond acceptors (Lipinski definition) is 3. The summed E-state index contributed by atoms with van der Waals surface area (Å²) in [6, 6.07) is 3.20. The molecule has 1 saturated heterocycles. The van der Waals surface area contributed by atoms with E-state index in [1.165, 1.54) is 19.3 Å². The fourth-order valence-electron chi connectivity index (χ4n) is 2.68. The molecule has 4 heteroatoms. The molecule has 4 nitrogen and oxygen atoms in total. The molecule has 0 atom stereocenters. The van der Waals surface area contributed by atoms with Crippen LogP contribution in [0.15, 0.2) is 23.1 Å². The van der Waals surface area contributed by atoms with Crippen molar-refractivity contribution in [1.29, 1.82) is 0 Å². The van der Waals surface area contributed by atoms with Crippen molar-refractivity contribution >= 4 is 5.69 Å². The van der Waals surface area contributed by atoms with E-state index in [9.17, 15) is 4.79 Å². The Hall–Kier alpha value is -1.29. The summed E-state index contributed by atoms with van der Waals surface area (Å²) in [6.45, 7) is 8.62. The van der Waals surface area contributed by atoms with Gasteiger partial charge in [-0.3, -0.25) is 4.79 Å². The summed E-state index contributed by atoms with van der Waals surface area (Å²) in [5.74, 6) is 0. The van der Waals surface area contributed by atoms with Crippen molar-refractivity contribution in [2.75, 3.05) is 25.4 Å². The predicted molar refractivity (Wildman–Crippen MR) is 79.2 cm³/mol. The maximum atomic E-state index is 11.7. The van der Waals surface area contributed by atoms with E-state index < -0.39 is 0 Å². The highest BCUT2D eigenvalue weighted by Crippen LogP contribution is 2.29. The van der Waals surface area contributed by atoms with Gasteiger partial charge in [-0.2, -0.15) is 0 Å². The minimum Gasteiger partial charge on any atom is -0.398 e. The first-order chi connectivity index (χ1) is 8.96. The van der Waals surface area contributed by atoms with Gasteiger partial charge in [0.05, 0.1) is 0 Å². The van der Waals surface area contributed by atoms with Crippen LogP contribution in [0.25, 0.3) is 0 Å². The summed E-state index contributed by atoms with van der Waals surface area (Å²) in [4.78, 5) is 14.2. The molecule has 1 aromatic rings. The van der Waals surface area contributed by atoms with Gasteiger partial charge in [0.15, 0.2) is 0 Å². The number of nitrogens with two attached hydrogens (primary N) is 1. The van der Waals surface area contributed by atoms with Gasteiger partial charge >= 0.3 is 0 Å². The average Bonchev–Trinajstić information content (AvgIpc) is 2.52. The molecule has 106 valence electrons. The monoisotopic (exact) mass is 263 g/mol. The highest BCUT2D eigenvalue weighted by Gasteiger charge is 2.22. The minimum absolute atomic E-state index is 0.0318. The lowest BCUT2D eigenvalue weighted by atomic mass is 9.85. The quantitative estimate of drug-likeness (QED) is 0.906. The number of nitrogen functional groups attached to an aromatic ring is 1. The molecule has 0 bridgehead atoms. The molecule has 1 fully saturated rings. The molecule has 0 spiro atoms. The molecule has 2 rings (SSSR count). The molecule has 1 aromatic heterocycles. The number of pyridine rings is 1. The van der Waals surface area contributed by atoms with E-state index in [2.05, 4.69) is 18.7 Å². The summed E-state index contributed by atoms with van der Waals surface area (Å²) in [6.07, 6.45) is 5.52. The molecule has 0 amide bonds. The predicted octanol–water partition coefficient (Wildman–Crippen LogP) is 1.94. The van der Waals surface area contributed by atoms with Gasteiger partial charge in [0.1, 0.15) is 0 Å². The van der Waals surface area contributed by atoms with Crippen LogP contribution in [-0.4, -0.2) is 29.1 Å². The number of aromatic nitrogens is 1. The van der Waals surface area contributed by atoms with Crippen LogP contribution < -0.4 is 11.3 Å². The Morgan fingerprint density at radius 3 is 2.79 bits per heavy atom. The number of anilines is 1. The summed E-state index contributed by atoms with van der Waals surface area (Å²) in [7, 11) is 0. The van der Waals surface area contributed by atoms with Crippen LogP contribution in [0.2, 0.25) is 0 Å². The molecule has 0 radical (unpaired) electrons. The number of likely N-dealkylation sites (tertiary alicyclic amines) is 1. The van der Waals surface area contributed by atoms with Crippen molar-refractivity contribution in [3.05, 3.63) is 28.7 Å². The topological polar surface area (TPSA) is 51.3 Å². The molecule has 19 heavy (non-hydrogen) atoms. The maximum Gasteiger partial charge on any atom is 0.250 e. The zero-order valence-corrected chi connectivity index (χ0v) is 12.1.